The van der Waals surface area contributed by atoms with Gasteiger partial charge < -0.3 is 14.3 Å². The van der Waals surface area contributed by atoms with Gasteiger partial charge in [-0.1, -0.05) is 98.3 Å². The van der Waals surface area contributed by atoms with Crippen LogP contribution in [0.25, 0.3) is 0 Å². The molecule has 0 bridgehead atoms. The zero-order valence-electron chi connectivity index (χ0n) is 20.6. The molecule has 29 heavy (non-hydrogen) atoms. The second-order valence-corrected chi connectivity index (χ2v) is 14.8. The second kappa shape index (κ2) is 17.4. The minimum absolute atomic E-state index is 0.0130. The minimum atomic E-state index is -1.86. The molecule has 0 heterocycles. The van der Waals surface area contributed by atoms with Gasteiger partial charge in [-0.2, -0.15) is 0 Å². The average molecular weight is 429 g/mol. The van der Waals surface area contributed by atoms with E-state index in [0.29, 0.717) is 6.61 Å². The number of unbranched alkanes of at least 4 members (excludes halogenated alkanes) is 12. The molecule has 0 radical (unpaired) electrons. The van der Waals surface area contributed by atoms with Gasteiger partial charge in [-0.15, -0.1) is 0 Å². The van der Waals surface area contributed by atoms with E-state index in [1.165, 1.54) is 77.0 Å². The van der Waals surface area contributed by atoms with Crippen LogP contribution in [0.1, 0.15) is 111 Å². The fourth-order valence-electron chi connectivity index (χ4n) is 3.12. The molecule has 1 N–H and O–H groups in total. The van der Waals surface area contributed by atoms with E-state index in [2.05, 4.69) is 46.9 Å². The van der Waals surface area contributed by atoms with Crippen LogP contribution in [0.2, 0.25) is 18.1 Å². The smallest absolute Gasteiger partial charge is 0.192 e. The molecule has 0 aliphatic heterocycles. The molecule has 0 rings (SSSR count). The Labute approximate surface area is 183 Å². The average Bonchev–Trinajstić information content (AvgIpc) is 2.65. The van der Waals surface area contributed by atoms with Crippen molar-refractivity contribution in [3.05, 3.63) is 12.3 Å². The van der Waals surface area contributed by atoms with Gasteiger partial charge in [0, 0.05) is 0 Å². The summed E-state index contributed by atoms with van der Waals surface area (Å²) >= 11 is 0. The van der Waals surface area contributed by atoms with E-state index in [1.54, 1.807) is 6.26 Å². The van der Waals surface area contributed by atoms with Gasteiger partial charge in [0.05, 0.1) is 12.9 Å². The molecule has 0 aliphatic rings. The van der Waals surface area contributed by atoms with E-state index >= 15 is 0 Å². The Morgan fingerprint density at radius 2 is 1.31 bits per heavy atom. The summed E-state index contributed by atoms with van der Waals surface area (Å²) in [5, 5.41) is 9.72. The molecule has 0 spiro atoms. The number of rotatable bonds is 19. The van der Waals surface area contributed by atoms with Crippen molar-refractivity contribution in [2.24, 2.45) is 0 Å². The van der Waals surface area contributed by atoms with Gasteiger partial charge in [-0.25, -0.2) is 0 Å². The van der Waals surface area contributed by atoms with Gasteiger partial charge in [-0.05, 0) is 37.0 Å². The lowest BCUT2D eigenvalue weighted by Gasteiger charge is -2.38. The fourth-order valence-corrected chi connectivity index (χ4v) is 4.45. The van der Waals surface area contributed by atoms with E-state index in [4.69, 9.17) is 9.16 Å². The highest BCUT2D eigenvalue weighted by atomic mass is 28.4. The zero-order chi connectivity index (χ0) is 22.0. The third kappa shape index (κ3) is 16.1. The van der Waals surface area contributed by atoms with E-state index in [9.17, 15) is 5.11 Å². The van der Waals surface area contributed by atoms with Crippen molar-refractivity contribution < 1.29 is 14.3 Å². The van der Waals surface area contributed by atoms with Gasteiger partial charge in [0.25, 0.3) is 0 Å². The molecule has 0 fully saturated rings. The van der Waals surface area contributed by atoms with Crippen LogP contribution in [-0.4, -0.2) is 32.7 Å². The van der Waals surface area contributed by atoms with Crippen LogP contribution < -0.4 is 0 Å². The van der Waals surface area contributed by atoms with E-state index in [1.807, 2.05) is 0 Å². The van der Waals surface area contributed by atoms with Crippen LogP contribution in [0.4, 0.5) is 0 Å². The fraction of sp³-hybridized carbons (Fsp3) is 0.920. The molecule has 4 heteroatoms. The van der Waals surface area contributed by atoms with Crippen molar-refractivity contribution in [2.75, 3.05) is 13.2 Å². The molecule has 0 aromatic carbocycles. The standard InChI is InChI=1S/C25H52O3Si/c1-7-8-9-10-11-12-13-14-15-16-17-18-19-20-21-27-23-24(22-26)28-29(5,6)25(2,3)4/h20-21,24,26H,7-19,22-23H2,1-6H3/b21-20-. The molecule has 0 aromatic rings. The maximum absolute atomic E-state index is 9.57. The lowest BCUT2D eigenvalue weighted by molar-refractivity contribution is 0.0459. The van der Waals surface area contributed by atoms with Crippen molar-refractivity contribution in [2.45, 2.75) is 135 Å². The first-order valence-electron chi connectivity index (χ1n) is 12.3. The van der Waals surface area contributed by atoms with Crippen molar-refractivity contribution >= 4 is 8.32 Å². The second-order valence-electron chi connectivity index (χ2n) is 10.1. The van der Waals surface area contributed by atoms with Crippen LogP contribution in [0, 0.1) is 0 Å². The van der Waals surface area contributed by atoms with Gasteiger partial charge in [0.1, 0.15) is 12.7 Å². The van der Waals surface area contributed by atoms with Gasteiger partial charge >= 0.3 is 0 Å². The first-order chi connectivity index (χ1) is 13.7. The minimum Gasteiger partial charge on any atom is -0.499 e. The Bertz CT molecular complexity index is 388. The summed E-state index contributed by atoms with van der Waals surface area (Å²) in [6.07, 6.45) is 21.3. The quantitative estimate of drug-likeness (QED) is 0.129. The van der Waals surface area contributed by atoms with Crippen LogP contribution in [0.3, 0.4) is 0 Å². The molecule has 0 saturated carbocycles. The van der Waals surface area contributed by atoms with Gasteiger partial charge in [-0.3, -0.25) is 0 Å². The highest BCUT2D eigenvalue weighted by Gasteiger charge is 2.39. The molecule has 1 atom stereocenters. The lowest BCUT2D eigenvalue weighted by atomic mass is 10.0. The van der Waals surface area contributed by atoms with E-state index in [0.717, 1.165) is 6.42 Å². The van der Waals surface area contributed by atoms with Crippen LogP contribution in [-0.2, 0) is 9.16 Å². The largest absolute Gasteiger partial charge is 0.499 e. The maximum atomic E-state index is 9.57. The Morgan fingerprint density at radius 1 is 0.828 bits per heavy atom. The summed E-state index contributed by atoms with van der Waals surface area (Å²) in [6, 6.07) is 0. The molecule has 3 nitrogen and oxygen atoms in total. The van der Waals surface area contributed by atoms with Crippen molar-refractivity contribution in [1.82, 2.24) is 0 Å². The van der Waals surface area contributed by atoms with Gasteiger partial charge in [0.15, 0.2) is 8.32 Å². The summed E-state index contributed by atoms with van der Waals surface area (Å²) < 4.78 is 11.8. The van der Waals surface area contributed by atoms with Crippen LogP contribution >= 0.6 is 0 Å². The topological polar surface area (TPSA) is 38.7 Å². The highest BCUT2D eigenvalue weighted by Crippen LogP contribution is 2.37. The van der Waals surface area contributed by atoms with Crippen molar-refractivity contribution in [1.29, 1.82) is 0 Å². The van der Waals surface area contributed by atoms with Crippen LogP contribution in [0.15, 0.2) is 12.3 Å². The number of hydrogen-bond acceptors (Lipinski definition) is 3. The predicted molar refractivity (Wildman–Crippen MR) is 130 cm³/mol. The summed E-state index contributed by atoms with van der Waals surface area (Å²) in [5.41, 5.74) is 0. The lowest BCUT2D eigenvalue weighted by Crippen LogP contribution is -2.46. The number of aliphatic hydroxyl groups excluding tert-OH is 1. The third-order valence-electron chi connectivity index (χ3n) is 6.17. The van der Waals surface area contributed by atoms with Crippen molar-refractivity contribution in [3.63, 3.8) is 0 Å². The molecule has 0 saturated heterocycles. The Balaban J connectivity index is 3.58. The number of allylic oxidation sites excluding steroid dienone is 1. The molecule has 0 aliphatic carbocycles. The number of aliphatic hydroxyl groups is 1. The number of hydrogen-bond donors (Lipinski definition) is 1. The molecule has 1 unspecified atom stereocenters. The normalized spacial score (nSPS) is 13.9. The summed E-state index contributed by atoms with van der Waals surface area (Å²) in [7, 11) is -1.86. The van der Waals surface area contributed by atoms with E-state index < -0.39 is 8.32 Å². The summed E-state index contributed by atoms with van der Waals surface area (Å²) in [6.45, 7) is 13.8. The predicted octanol–water partition coefficient (Wildman–Crippen LogP) is 7.99. The Kier molecular flexibility index (Phi) is 17.2. The summed E-state index contributed by atoms with van der Waals surface area (Å²) in [4.78, 5) is 0. The van der Waals surface area contributed by atoms with Crippen molar-refractivity contribution in [3.8, 4) is 0 Å². The zero-order valence-corrected chi connectivity index (χ0v) is 21.6. The molecule has 0 aromatic heterocycles. The van der Waals surface area contributed by atoms with E-state index in [-0.39, 0.29) is 17.7 Å². The Hall–Kier alpha value is -0.323. The SMILES string of the molecule is CCCCCCCCCCCCCC/C=C\OCC(CO)O[Si](C)(C)C(C)(C)C. The first-order valence-corrected chi connectivity index (χ1v) is 15.2. The first kappa shape index (κ1) is 28.7. The number of ether oxygens (including phenoxy) is 1. The maximum Gasteiger partial charge on any atom is 0.192 e. The monoisotopic (exact) mass is 428 g/mol. The molecular formula is C25H52O3Si. The highest BCUT2D eigenvalue weighted by molar-refractivity contribution is 6.74. The molecular weight excluding hydrogens is 376 g/mol. The van der Waals surface area contributed by atoms with Crippen LogP contribution in [0.5, 0.6) is 0 Å². The molecule has 0 amide bonds. The van der Waals surface area contributed by atoms with Gasteiger partial charge in [0.2, 0.25) is 0 Å². The molecule has 174 valence electrons. The third-order valence-corrected chi connectivity index (χ3v) is 10.7. The Morgan fingerprint density at radius 3 is 1.76 bits per heavy atom. The summed E-state index contributed by atoms with van der Waals surface area (Å²) in [5.74, 6) is 0.